The highest BCUT2D eigenvalue weighted by atomic mass is 16.2. The molecule has 2 amide bonds. The topological polar surface area (TPSA) is 66.3 Å². The van der Waals surface area contributed by atoms with Crippen LogP contribution >= 0.6 is 0 Å². The Balaban J connectivity index is 1.48. The Morgan fingerprint density at radius 1 is 1.36 bits per heavy atom. The van der Waals surface area contributed by atoms with Crippen LogP contribution in [0.3, 0.4) is 0 Å². The van der Waals surface area contributed by atoms with E-state index in [9.17, 15) is 4.79 Å². The number of hydrogen-bond acceptors (Lipinski definition) is 4. The molecule has 0 spiro atoms. The van der Waals surface area contributed by atoms with Crippen molar-refractivity contribution < 1.29 is 4.79 Å². The van der Waals surface area contributed by atoms with Gasteiger partial charge in [0.05, 0.1) is 18.4 Å². The third kappa shape index (κ3) is 4.79. The van der Waals surface area contributed by atoms with Crippen LogP contribution in [0.2, 0.25) is 0 Å². The zero-order chi connectivity index (χ0) is 17.6. The molecule has 1 aliphatic heterocycles. The Kier molecular flexibility index (Phi) is 5.65. The lowest BCUT2D eigenvalue weighted by atomic mass is 9.98. The van der Waals surface area contributed by atoms with Crippen molar-refractivity contribution in [2.45, 2.75) is 19.4 Å². The minimum atomic E-state index is -0.0671. The number of amides is 2. The first-order chi connectivity index (χ1) is 12.1. The Hall–Kier alpha value is -2.41. The van der Waals surface area contributed by atoms with Crippen molar-refractivity contribution in [3.8, 4) is 5.69 Å². The summed E-state index contributed by atoms with van der Waals surface area (Å²) in [5, 5.41) is 11.2. The van der Waals surface area contributed by atoms with Crippen molar-refractivity contribution >= 4 is 6.03 Å². The van der Waals surface area contributed by atoms with Gasteiger partial charge < -0.3 is 15.1 Å². The molecule has 1 aliphatic rings. The largest absolute Gasteiger partial charge is 0.332 e. The molecule has 1 saturated heterocycles. The first-order valence-corrected chi connectivity index (χ1v) is 8.76. The maximum absolute atomic E-state index is 12.3. The van der Waals surface area contributed by atoms with E-state index in [1.165, 1.54) is 12.8 Å². The summed E-state index contributed by atoms with van der Waals surface area (Å²) in [5.74, 6) is 0.549. The summed E-state index contributed by atoms with van der Waals surface area (Å²) < 4.78 is 1.71. The van der Waals surface area contributed by atoms with Crippen molar-refractivity contribution in [1.29, 1.82) is 0 Å². The number of nitrogens with zero attached hydrogens (tertiary/aromatic N) is 5. The molecule has 1 aromatic carbocycles. The molecular formula is C18H26N6O. The van der Waals surface area contributed by atoms with Gasteiger partial charge in [0.1, 0.15) is 5.69 Å². The molecule has 0 aliphatic carbocycles. The number of likely N-dealkylation sites (tertiary alicyclic amines) is 1. The summed E-state index contributed by atoms with van der Waals surface area (Å²) in [6.07, 6.45) is 4.23. The van der Waals surface area contributed by atoms with Gasteiger partial charge in [-0.25, -0.2) is 9.48 Å². The van der Waals surface area contributed by atoms with E-state index in [2.05, 4.69) is 27.6 Å². The third-order valence-corrected chi connectivity index (χ3v) is 4.58. The summed E-state index contributed by atoms with van der Waals surface area (Å²) in [6, 6.07) is 9.73. The van der Waals surface area contributed by atoms with E-state index in [-0.39, 0.29) is 6.03 Å². The molecular weight excluding hydrogens is 316 g/mol. The zero-order valence-corrected chi connectivity index (χ0v) is 14.9. The van der Waals surface area contributed by atoms with Crippen molar-refractivity contribution in [3.63, 3.8) is 0 Å². The first-order valence-electron chi connectivity index (χ1n) is 8.76. The molecule has 2 heterocycles. The Morgan fingerprint density at radius 2 is 2.16 bits per heavy atom. The van der Waals surface area contributed by atoms with Crippen molar-refractivity contribution in [2.24, 2.45) is 5.92 Å². The van der Waals surface area contributed by atoms with E-state index in [0.717, 1.165) is 31.0 Å². The molecule has 25 heavy (non-hydrogen) atoms. The lowest BCUT2D eigenvalue weighted by molar-refractivity contribution is 0.163. The average molecular weight is 342 g/mol. The highest BCUT2D eigenvalue weighted by Crippen LogP contribution is 2.15. The van der Waals surface area contributed by atoms with E-state index in [1.54, 1.807) is 9.58 Å². The molecule has 3 rings (SSSR count). The molecule has 7 nitrogen and oxygen atoms in total. The van der Waals surface area contributed by atoms with Crippen LogP contribution < -0.4 is 5.32 Å². The van der Waals surface area contributed by atoms with Crippen LogP contribution in [0.25, 0.3) is 5.69 Å². The highest BCUT2D eigenvalue weighted by Gasteiger charge is 2.20. The summed E-state index contributed by atoms with van der Waals surface area (Å²) in [6.45, 7) is 3.37. The van der Waals surface area contributed by atoms with Crippen molar-refractivity contribution in [3.05, 3.63) is 42.2 Å². The third-order valence-electron chi connectivity index (χ3n) is 4.58. The normalized spacial score (nSPS) is 18.1. The fraction of sp³-hybridized carbons (Fsp3) is 0.500. The van der Waals surface area contributed by atoms with E-state index >= 15 is 0 Å². The molecule has 1 fully saturated rings. The van der Waals surface area contributed by atoms with Gasteiger partial charge in [-0.3, -0.25) is 0 Å². The predicted molar refractivity (Wildman–Crippen MR) is 96.4 cm³/mol. The number of para-hydroxylation sites is 1. The van der Waals surface area contributed by atoms with Gasteiger partial charge >= 0.3 is 6.03 Å². The number of nitrogens with one attached hydrogen (secondary N) is 1. The maximum atomic E-state index is 12.3. The molecule has 0 radical (unpaired) electrons. The van der Waals surface area contributed by atoms with E-state index in [0.29, 0.717) is 12.5 Å². The molecule has 134 valence electrons. The van der Waals surface area contributed by atoms with Gasteiger partial charge in [0.2, 0.25) is 0 Å². The summed E-state index contributed by atoms with van der Waals surface area (Å²) in [4.78, 5) is 16.4. The van der Waals surface area contributed by atoms with Crippen molar-refractivity contribution in [2.75, 3.05) is 33.7 Å². The van der Waals surface area contributed by atoms with Crippen LogP contribution in [0.1, 0.15) is 18.5 Å². The molecule has 1 unspecified atom stereocenters. The van der Waals surface area contributed by atoms with Gasteiger partial charge in [-0.1, -0.05) is 23.4 Å². The Morgan fingerprint density at radius 3 is 2.92 bits per heavy atom. The summed E-state index contributed by atoms with van der Waals surface area (Å²) >= 11 is 0. The molecule has 1 atom stereocenters. The smallest absolute Gasteiger partial charge is 0.317 e. The van der Waals surface area contributed by atoms with Gasteiger partial charge in [-0.2, -0.15) is 0 Å². The van der Waals surface area contributed by atoms with Gasteiger partial charge in [-0.15, -0.1) is 5.10 Å². The number of carbonyl (C=O) groups excluding carboxylic acids is 1. The number of urea groups is 1. The number of rotatable bonds is 5. The SMILES string of the molecule is CN1CCCC(CN(C)C(=O)NCc2cn(-c3ccccc3)nn2)C1. The number of carbonyl (C=O) groups is 1. The lowest BCUT2D eigenvalue weighted by Crippen LogP contribution is -2.43. The van der Waals surface area contributed by atoms with Crippen molar-refractivity contribution in [1.82, 2.24) is 30.1 Å². The average Bonchev–Trinajstić information content (AvgIpc) is 3.09. The lowest BCUT2D eigenvalue weighted by Gasteiger charge is -2.32. The van der Waals surface area contributed by atoms with E-state index in [1.807, 2.05) is 43.6 Å². The first kappa shape index (κ1) is 17.4. The number of benzene rings is 1. The summed E-state index contributed by atoms with van der Waals surface area (Å²) in [5.41, 5.74) is 1.69. The molecule has 0 saturated carbocycles. The quantitative estimate of drug-likeness (QED) is 0.899. The van der Waals surface area contributed by atoms with E-state index < -0.39 is 0 Å². The second kappa shape index (κ2) is 8.11. The Labute approximate surface area is 148 Å². The van der Waals surface area contributed by atoms with Crippen LogP contribution in [-0.2, 0) is 6.54 Å². The molecule has 2 aromatic rings. The minimum absolute atomic E-state index is 0.0671. The van der Waals surface area contributed by atoms with Crippen LogP contribution in [0, 0.1) is 5.92 Å². The van der Waals surface area contributed by atoms with Gasteiger partial charge in [0.25, 0.3) is 0 Å². The minimum Gasteiger partial charge on any atom is -0.332 e. The highest BCUT2D eigenvalue weighted by molar-refractivity contribution is 5.73. The Bertz CT molecular complexity index is 686. The second-order valence-corrected chi connectivity index (χ2v) is 6.80. The standard InChI is InChI=1S/C18H26N6O/c1-22-10-6-7-15(12-22)13-23(2)18(25)19-11-16-14-24(21-20-16)17-8-4-3-5-9-17/h3-5,8-9,14-15H,6-7,10-13H2,1-2H3,(H,19,25). The van der Waals surface area contributed by atoms with Gasteiger partial charge in [-0.05, 0) is 44.5 Å². The fourth-order valence-corrected chi connectivity index (χ4v) is 3.28. The zero-order valence-electron chi connectivity index (χ0n) is 14.9. The fourth-order valence-electron chi connectivity index (χ4n) is 3.28. The van der Waals surface area contributed by atoms with Crippen LogP contribution in [0.15, 0.2) is 36.5 Å². The van der Waals surface area contributed by atoms with Crippen LogP contribution in [0.5, 0.6) is 0 Å². The second-order valence-electron chi connectivity index (χ2n) is 6.80. The molecule has 0 bridgehead atoms. The molecule has 7 heteroatoms. The predicted octanol–water partition coefficient (Wildman–Crippen LogP) is 1.75. The van der Waals surface area contributed by atoms with Gasteiger partial charge in [0.15, 0.2) is 0 Å². The maximum Gasteiger partial charge on any atom is 0.317 e. The monoisotopic (exact) mass is 342 g/mol. The van der Waals surface area contributed by atoms with Crippen LogP contribution in [0.4, 0.5) is 4.79 Å². The number of hydrogen-bond donors (Lipinski definition) is 1. The molecule has 1 N–H and O–H groups in total. The van der Waals surface area contributed by atoms with Gasteiger partial charge in [0, 0.05) is 20.1 Å². The summed E-state index contributed by atoms with van der Waals surface area (Å²) in [7, 11) is 3.99. The number of piperidine rings is 1. The van der Waals surface area contributed by atoms with E-state index in [4.69, 9.17) is 0 Å². The van der Waals surface area contributed by atoms with Crippen LogP contribution in [-0.4, -0.2) is 64.6 Å². The molecule has 1 aromatic heterocycles. The number of aromatic nitrogens is 3.